The molecular formula is C8H4FN. The van der Waals surface area contributed by atoms with Gasteiger partial charge in [-0.3, -0.25) is 0 Å². The minimum Gasteiger partial charge on any atom is -0.206 e. The van der Waals surface area contributed by atoms with Crippen LogP contribution in [0.4, 0.5) is 4.39 Å². The van der Waals surface area contributed by atoms with Gasteiger partial charge in [0.05, 0.1) is 5.56 Å². The minimum absolute atomic E-state index is 0.0139. The molecule has 1 nitrogen and oxygen atoms in total. The van der Waals surface area contributed by atoms with Crippen LogP contribution in [-0.2, 0) is 0 Å². The normalized spacial score (nSPS) is 8.90. The van der Waals surface area contributed by atoms with Crippen molar-refractivity contribution in [2.45, 2.75) is 0 Å². The van der Waals surface area contributed by atoms with Gasteiger partial charge in [-0.25, -0.2) is 4.39 Å². The number of nitrogens with zero attached hydrogens (tertiary/aromatic N) is 1. The molecular weight excluding hydrogens is 129 g/mol. The Morgan fingerprint density at radius 1 is 1.50 bits per heavy atom. The summed E-state index contributed by atoms with van der Waals surface area (Å²) < 4.78 is 12.5. The van der Waals surface area contributed by atoms with E-state index in [0.717, 1.165) is 0 Å². The number of hydrogen-bond donors (Lipinski definition) is 0. The van der Waals surface area contributed by atoms with E-state index in [0.29, 0.717) is 5.56 Å². The second-order valence-electron chi connectivity index (χ2n) is 1.85. The van der Waals surface area contributed by atoms with Crippen LogP contribution in [-0.4, -0.2) is 0 Å². The lowest BCUT2D eigenvalue weighted by molar-refractivity contribution is 0.623. The highest BCUT2D eigenvalue weighted by atomic mass is 19.1. The van der Waals surface area contributed by atoms with E-state index in [2.05, 4.69) is 0 Å². The second kappa shape index (κ2) is 2.49. The number of benzene rings is 1. The van der Waals surface area contributed by atoms with Crippen molar-refractivity contribution in [2.24, 2.45) is 0 Å². The fraction of sp³-hybridized carbons (Fsp3) is 0. The van der Waals surface area contributed by atoms with Gasteiger partial charge in [0.25, 0.3) is 0 Å². The van der Waals surface area contributed by atoms with Crippen LogP contribution in [0.3, 0.4) is 0 Å². The SMILES string of the molecule is [CH]c1ccc(F)c(C#N)c1. The van der Waals surface area contributed by atoms with Crippen molar-refractivity contribution >= 4 is 0 Å². The molecule has 0 heterocycles. The van der Waals surface area contributed by atoms with Crippen LogP contribution in [0.15, 0.2) is 18.2 Å². The van der Waals surface area contributed by atoms with Crippen molar-refractivity contribution in [1.29, 1.82) is 5.26 Å². The molecule has 0 amide bonds. The van der Waals surface area contributed by atoms with Gasteiger partial charge in [0, 0.05) is 0 Å². The van der Waals surface area contributed by atoms with Gasteiger partial charge in [0.2, 0.25) is 0 Å². The Hall–Kier alpha value is -1.36. The molecule has 0 aromatic heterocycles. The third-order valence-electron chi connectivity index (χ3n) is 1.11. The molecule has 0 saturated carbocycles. The maximum Gasteiger partial charge on any atom is 0.140 e. The molecule has 0 saturated heterocycles. The van der Waals surface area contributed by atoms with Gasteiger partial charge in [-0.2, -0.15) is 5.26 Å². The maximum atomic E-state index is 12.5. The largest absolute Gasteiger partial charge is 0.206 e. The van der Waals surface area contributed by atoms with Gasteiger partial charge in [0.15, 0.2) is 0 Å². The monoisotopic (exact) mass is 133 g/mol. The lowest BCUT2D eigenvalue weighted by Gasteiger charge is -1.92. The molecule has 1 aromatic carbocycles. The van der Waals surface area contributed by atoms with Crippen LogP contribution in [0.2, 0.25) is 0 Å². The molecule has 1 rings (SSSR count). The van der Waals surface area contributed by atoms with E-state index in [9.17, 15) is 4.39 Å². The van der Waals surface area contributed by atoms with Crippen molar-refractivity contribution in [1.82, 2.24) is 0 Å². The quantitative estimate of drug-likeness (QED) is 0.529. The minimum atomic E-state index is -0.531. The molecule has 1 aromatic rings. The summed E-state index contributed by atoms with van der Waals surface area (Å²) in [5.74, 6) is -0.531. The number of nitriles is 1. The van der Waals surface area contributed by atoms with E-state index >= 15 is 0 Å². The molecule has 0 N–H and O–H groups in total. The Balaban J connectivity index is 3.25. The second-order valence-corrected chi connectivity index (χ2v) is 1.85. The summed E-state index contributed by atoms with van der Waals surface area (Å²) in [4.78, 5) is 0. The molecule has 10 heavy (non-hydrogen) atoms. The summed E-state index contributed by atoms with van der Waals surface area (Å²) in [6.07, 6.45) is 0. The van der Waals surface area contributed by atoms with E-state index in [1.807, 2.05) is 0 Å². The summed E-state index contributed by atoms with van der Waals surface area (Å²) in [6, 6.07) is 5.57. The van der Waals surface area contributed by atoms with Gasteiger partial charge >= 0.3 is 0 Å². The standard InChI is InChI=1S/C8H4FN/c1-6-2-3-8(9)7(4-6)5-10/h1-4H. The molecule has 0 aliphatic carbocycles. The third-order valence-corrected chi connectivity index (χ3v) is 1.11. The van der Waals surface area contributed by atoms with Crippen molar-refractivity contribution in [3.63, 3.8) is 0 Å². The lowest BCUT2D eigenvalue weighted by atomic mass is 10.1. The van der Waals surface area contributed by atoms with E-state index in [1.165, 1.54) is 18.2 Å². The third kappa shape index (κ3) is 1.14. The van der Waals surface area contributed by atoms with Crippen LogP contribution >= 0.6 is 0 Å². The fourth-order valence-electron chi connectivity index (χ4n) is 0.629. The van der Waals surface area contributed by atoms with Gasteiger partial charge in [-0.05, 0) is 24.6 Å². The van der Waals surface area contributed by atoms with E-state index in [-0.39, 0.29) is 5.56 Å². The first-order chi connectivity index (χ1) is 4.74. The highest BCUT2D eigenvalue weighted by Crippen LogP contribution is 2.07. The fourth-order valence-corrected chi connectivity index (χ4v) is 0.629. The molecule has 0 spiro atoms. The molecule has 2 heteroatoms. The summed E-state index contributed by atoms with van der Waals surface area (Å²) in [6.45, 7) is 5.29. The smallest absolute Gasteiger partial charge is 0.140 e. The van der Waals surface area contributed by atoms with Crippen molar-refractivity contribution in [3.05, 3.63) is 42.1 Å². The predicted molar refractivity (Wildman–Crippen MR) is 34.5 cm³/mol. The summed E-state index contributed by atoms with van der Waals surface area (Å²) >= 11 is 0. The summed E-state index contributed by atoms with van der Waals surface area (Å²) in [5.41, 5.74) is 0.387. The first kappa shape index (κ1) is 6.76. The molecule has 0 atom stereocenters. The van der Waals surface area contributed by atoms with Gasteiger partial charge in [-0.1, -0.05) is 6.07 Å². The average molecular weight is 133 g/mol. The van der Waals surface area contributed by atoms with Crippen molar-refractivity contribution in [2.75, 3.05) is 0 Å². The van der Waals surface area contributed by atoms with E-state index < -0.39 is 5.82 Å². The topological polar surface area (TPSA) is 23.8 Å². The van der Waals surface area contributed by atoms with Gasteiger partial charge in [-0.15, -0.1) is 0 Å². The summed E-state index contributed by atoms with van der Waals surface area (Å²) in [7, 11) is 0. The van der Waals surface area contributed by atoms with Crippen LogP contribution in [0.1, 0.15) is 11.1 Å². The highest BCUT2D eigenvalue weighted by molar-refractivity contribution is 5.35. The predicted octanol–water partition coefficient (Wildman–Crippen LogP) is 1.76. The molecule has 0 fully saturated rings. The van der Waals surface area contributed by atoms with Gasteiger partial charge in [0.1, 0.15) is 11.9 Å². The Morgan fingerprint density at radius 2 is 2.20 bits per heavy atom. The Kier molecular flexibility index (Phi) is 1.68. The van der Waals surface area contributed by atoms with E-state index in [1.54, 1.807) is 6.07 Å². The molecule has 48 valence electrons. The average Bonchev–Trinajstić information content (AvgIpc) is 1.94. The van der Waals surface area contributed by atoms with Crippen LogP contribution in [0, 0.1) is 24.1 Å². The van der Waals surface area contributed by atoms with Gasteiger partial charge < -0.3 is 0 Å². The first-order valence-electron chi connectivity index (χ1n) is 2.69. The van der Waals surface area contributed by atoms with Crippen molar-refractivity contribution < 1.29 is 4.39 Å². The Labute approximate surface area is 58.7 Å². The zero-order chi connectivity index (χ0) is 7.56. The molecule has 2 radical (unpaired) electrons. The highest BCUT2D eigenvalue weighted by Gasteiger charge is 1.98. The molecule has 0 bridgehead atoms. The zero-order valence-electron chi connectivity index (χ0n) is 5.13. The van der Waals surface area contributed by atoms with Crippen LogP contribution in [0.25, 0.3) is 0 Å². The summed E-state index contributed by atoms with van der Waals surface area (Å²) in [5, 5.41) is 8.30. The van der Waals surface area contributed by atoms with Crippen molar-refractivity contribution in [3.8, 4) is 6.07 Å². The van der Waals surface area contributed by atoms with Crippen LogP contribution < -0.4 is 0 Å². The lowest BCUT2D eigenvalue weighted by Crippen LogP contribution is -1.83. The van der Waals surface area contributed by atoms with E-state index in [4.69, 9.17) is 12.2 Å². The number of halogens is 1. The number of hydrogen-bond acceptors (Lipinski definition) is 1. The zero-order valence-corrected chi connectivity index (χ0v) is 5.13. The Bertz CT molecular complexity index is 286. The van der Waals surface area contributed by atoms with Crippen LogP contribution in [0.5, 0.6) is 0 Å². The molecule has 0 aliphatic heterocycles. The first-order valence-corrected chi connectivity index (χ1v) is 2.69. The molecule has 0 aliphatic rings. The number of rotatable bonds is 0. The maximum absolute atomic E-state index is 12.5. The Morgan fingerprint density at radius 3 is 2.70 bits per heavy atom. The molecule has 0 unspecified atom stereocenters.